The third-order valence-corrected chi connectivity index (χ3v) is 4.79. The number of hydrogen-bond acceptors (Lipinski definition) is 2. The Morgan fingerprint density at radius 1 is 1.19 bits per heavy atom. The normalized spacial score (nSPS) is 11.9. The molecule has 1 atom stereocenters. The highest BCUT2D eigenvalue weighted by molar-refractivity contribution is 14.0. The number of aliphatic imine (C=N–C) groups is 1. The van der Waals surface area contributed by atoms with Crippen LogP contribution >= 0.6 is 39.9 Å². The predicted molar refractivity (Wildman–Crippen MR) is 126 cm³/mol. The van der Waals surface area contributed by atoms with Gasteiger partial charge in [0.25, 0.3) is 5.91 Å². The Morgan fingerprint density at radius 3 is 2.59 bits per heavy atom. The van der Waals surface area contributed by atoms with E-state index in [4.69, 9.17) is 0 Å². The second kappa shape index (κ2) is 12.0. The molecule has 0 fully saturated rings. The molecule has 1 amide bonds. The summed E-state index contributed by atoms with van der Waals surface area (Å²) in [6.45, 7) is 2.82. The molecule has 7 heteroatoms. The fraction of sp³-hybridized carbons (Fsp3) is 0.300. The van der Waals surface area contributed by atoms with Gasteiger partial charge in [0.2, 0.25) is 0 Å². The molecule has 27 heavy (non-hydrogen) atoms. The molecule has 0 saturated heterocycles. The van der Waals surface area contributed by atoms with Crippen LogP contribution in [0.4, 0.5) is 0 Å². The molecule has 0 spiro atoms. The Kier molecular flexibility index (Phi) is 10.4. The molecular weight excluding hydrogens is 519 g/mol. The van der Waals surface area contributed by atoms with Crippen LogP contribution in [0.2, 0.25) is 0 Å². The average molecular weight is 545 g/mol. The number of nitrogens with one attached hydrogen (secondary N) is 3. The smallest absolute Gasteiger partial charge is 0.251 e. The van der Waals surface area contributed by atoms with Gasteiger partial charge in [-0.15, -0.1) is 24.0 Å². The first kappa shape index (κ1) is 23.4. The van der Waals surface area contributed by atoms with Crippen LogP contribution in [-0.2, 0) is 6.42 Å². The van der Waals surface area contributed by atoms with Gasteiger partial charge in [0.05, 0.1) is 6.04 Å². The van der Waals surface area contributed by atoms with Crippen molar-refractivity contribution in [3.63, 3.8) is 0 Å². The quantitative estimate of drug-likeness (QED) is 0.293. The Morgan fingerprint density at radius 2 is 1.93 bits per heavy atom. The first-order chi connectivity index (χ1) is 12.5. The predicted octanol–water partition coefficient (Wildman–Crippen LogP) is 3.90. The van der Waals surface area contributed by atoms with Gasteiger partial charge in [-0.1, -0.05) is 46.3 Å². The zero-order chi connectivity index (χ0) is 18.9. The van der Waals surface area contributed by atoms with Crippen LogP contribution in [0.3, 0.4) is 0 Å². The average Bonchev–Trinajstić information content (AvgIpc) is 2.67. The lowest BCUT2D eigenvalue weighted by atomic mass is 10.1. The maximum atomic E-state index is 11.7. The SMILES string of the molecule is CN=C(NCCc1cccc(C(=O)NC)c1)NC(C)c1ccccc1Br.I. The van der Waals surface area contributed by atoms with Crippen molar-refractivity contribution in [1.82, 2.24) is 16.0 Å². The maximum Gasteiger partial charge on any atom is 0.251 e. The molecule has 2 aromatic carbocycles. The molecule has 0 saturated carbocycles. The lowest BCUT2D eigenvalue weighted by Crippen LogP contribution is -2.39. The van der Waals surface area contributed by atoms with Crippen molar-refractivity contribution in [3.8, 4) is 0 Å². The van der Waals surface area contributed by atoms with Crippen LogP contribution in [0.25, 0.3) is 0 Å². The molecule has 0 aliphatic rings. The van der Waals surface area contributed by atoms with E-state index in [1.165, 1.54) is 5.56 Å². The summed E-state index contributed by atoms with van der Waals surface area (Å²) in [6, 6.07) is 15.9. The molecule has 0 aromatic heterocycles. The van der Waals surface area contributed by atoms with Crippen molar-refractivity contribution in [2.45, 2.75) is 19.4 Å². The van der Waals surface area contributed by atoms with E-state index in [1.54, 1.807) is 14.1 Å². The molecule has 0 aliphatic heterocycles. The van der Waals surface area contributed by atoms with E-state index in [0.29, 0.717) is 5.56 Å². The van der Waals surface area contributed by atoms with E-state index in [9.17, 15) is 4.79 Å². The van der Waals surface area contributed by atoms with Crippen molar-refractivity contribution in [2.24, 2.45) is 4.99 Å². The molecule has 146 valence electrons. The van der Waals surface area contributed by atoms with Gasteiger partial charge in [0, 0.05) is 30.7 Å². The van der Waals surface area contributed by atoms with Gasteiger partial charge < -0.3 is 16.0 Å². The zero-order valence-electron chi connectivity index (χ0n) is 15.8. The first-order valence-electron chi connectivity index (χ1n) is 8.57. The Bertz CT molecular complexity index is 782. The summed E-state index contributed by atoms with van der Waals surface area (Å²) in [7, 11) is 3.40. The van der Waals surface area contributed by atoms with Gasteiger partial charge in [0.1, 0.15) is 0 Å². The molecule has 2 aromatic rings. The van der Waals surface area contributed by atoms with Gasteiger partial charge in [0.15, 0.2) is 5.96 Å². The Labute approximate surface area is 186 Å². The van der Waals surface area contributed by atoms with Gasteiger partial charge in [-0.2, -0.15) is 0 Å². The molecular formula is C20H26BrIN4O. The summed E-state index contributed by atoms with van der Waals surface area (Å²) >= 11 is 3.58. The number of rotatable bonds is 6. The number of carbonyl (C=O) groups excluding carboxylic acids is 1. The van der Waals surface area contributed by atoms with Crippen LogP contribution in [-0.4, -0.2) is 32.5 Å². The highest BCUT2D eigenvalue weighted by Crippen LogP contribution is 2.22. The van der Waals surface area contributed by atoms with E-state index in [-0.39, 0.29) is 35.9 Å². The van der Waals surface area contributed by atoms with Crippen molar-refractivity contribution < 1.29 is 4.79 Å². The molecule has 5 nitrogen and oxygen atoms in total. The van der Waals surface area contributed by atoms with Gasteiger partial charge in [-0.3, -0.25) is 9.79 Å². The van der Waals surface area contributed by atoms with Gasteiger partial charge >= 0.3 is 0 Å². The second-order valence-corrected chi connectivity index (χ2v) is 6.77. The monoisotopic (exact) mass is 544 g/mol. The number of halogens is 2. The van der Waals surface area contributed by atoms with E-state index >= 15 is 0 Å². The summed E-state index contributed by atoms with van der Waals surface area (Å²) in [6.07, 6.45) is 0.801. The lowest BCUT2D eigenvalue weighted by molar-refractivity contribution is 0.0963. The first-order valence-corrected chi connectivity index (χ1v) is 9.37. The third-order valence-electron chi connectivity index (χ3n) is 4.07. The largest absolute Gasteiger partial charge is 0.356 e. The van der Waals surface area contributed by atoms with Crippen LogP contribution < -0.4 is 16.0 Å². The fourth-order valence-corrected chi connectivity index (χ4v) is 3.27. The Hall–Kier alpha value is -1.61. The molecule has 2 rings (SSSR count). The summed E-state index contributed by atoms with van der Waals surface area (Å²) < 4.78 is 1.07. The van der Waals surface area contributed by atoms with Gasteiger partial charge in [-0.25, -0.2) is 0 Å². The minimum Gasteiger partial charge on any atom is -0.356 e. The lowest BCUT2D eigenvalue weighted by Gasteiger charge is -2.19. The van der Waals surface area contributed by atoms with E-state index in [0.717, 1.165) is 29.0 Å². The van der Waals surface area contributed by atoms with Crippen molar-refractivity contribution in [3.05, 3.63) is 69.7 Å². The number of nitrogens with zero attached hydrogens (tertiary/aromatic N) is 1. The van der Waals surface area contributed by atoms with Crippen molar-refractivity contribution in [1.29, 1.82) is 0 Å². The van der Waals surface area contributed by atoms with E-state index < -0.39 is 0 Å². The number of guanidine groups is 1. The highest BCUT2D eigenvalue weighted by atomic mass is 127. The molecule has 3 N–H and O–H groups in total. The minimum atomic E-state index is -0.0699. The second-order valence-electron chi connectivity index (χ2n) is 5.92. The van der Waals surface area contributed by atoms with E-state index in [2.05, 4.69) is 49.9 Å². The third kappa shape index (κ3) is 7.14. The summed E-state index contributed by atoms with van der Waals surface area (Å²) in [5.41, 5.74) is 2.96. The number of hydrogen-bond donors (Lipinski definition) is 3. The molecule has 0 heterocycles. The maximum absolute atomic E-state index is 11.7. The van der Waals surface area contributed by atoms with Crippen LogP contribution in [0.1, 0.15) is 34.5 Å². The number of benzene rings is 2. The summed E-state index contributed by atoms with van der Waals surface area (Å²) in [4.78, 5) is 16.0. The number of amides is 1. The molecule has 1 unspecified atom stereocenters. The standard InChI is InChI=1S/C20H25BrN4O.HI/c1-14(17-9-4-5-10-18(17)21)25-20(23-3)24-12-11-15-7-6-8-16(13-15)19(26)22-2;/h4-10,13-14H,11-12H2,1-3H3,(H,22,26)(H2,23,24,25);1H. The van der Waals surface area contributed by atoms with Crippen LogP contribution in [0, 0.1) is 0 Å². The summed E-state index contributed by atoms with van der Waals surface area (Å²) in [5.74, 6) is 0.676. The Balaban J connectivity index is 0.00000364. The minimum absolute atomic E-state index is 0. The molecule has 0 bridgehead atoms. The molecule has 0 radical (unpaired) electrons. The van der Waals surface area contributed by atoms with Gasteiger partial charge in [-0.05, 0) is 42.7 Å². The summed E-state index contributed by atoms with van der Waals surface area (Å²) in [5, 5.41) is 9.36. The highest BCUT2D eigenvalue weighted by Gasteiger charge is 2.10. The zero-order valence-corrected chi connectivity index (χ0v) is 19.7. The van der Waals surface area contributed by atoms with Crippen molar-refractivity contribution >= 4 is 51.8 Å². The van der Waals surface area contributed by atoms with E-state index in [1.807, 2.05) is 42.5 Å². The molecule has 0 aliphatic carbocycles. The van der Waals surface area contributed by atoms with Crippen LogP contribution in [0.5, 0.6) is 0 Å². The van der Waals surface area contributed by atoms with Crippen molar-refractivity contribution in [2.75, 3.05) is 20.6 Å². The topological polar surface area (TPSA) is 65.5 Å². The number of carbonyl (C=O) groups is 1. The van der Waals surface area contributed by atoms with Crippen LogP contribution in [0.15, 0.2) is 58.0 Å². The fourth-order valence-electron chi connectivity index (χ4n) is 2.64.